The SMILES string of the molecule is Nc1nc2c(C(=O)Nc3nc4ncncc4[nH]3)cccc2[nH]1. The molecule has 9 heteroatoms. The van der Waals surface area contributed by atoms with Crippen LogP contribution in [0.5, 0.6) is 0 Å². The van der Waals surface area contributed by atoms with Crippen LogP contribution in [-0.2, 0) is 0 Å². The first-order valence-electron chi connectivity index (χ1n) is 6.42. The van der Waals surface area contributed by atoms with E-state index >= 15 is 0 Å². The fraction of sp³-hybridized carbons (Fsp3) is 0. The largest absolute Gasteiger partial charge is 0.369 e. The van der Waals surface area contributed by atoms with Crippen LogP contribution in [-0.4, -0.2) is 35.8 Å². The summed E-state index contributed by atoms with van der Waals surface area (Å²) >= 11 is 0. The smallest absolute Gasteiger partial charge is 0.260 e. The summed E-state index contributed by atoms with van der Waals surface area (Å²) in [6.45, 7) is 0. The highest BCUT2D eigenvalue weighted by Gasteiger charge is 2.15. The molecule has 108 valence electrons. The minimum atomic E-state index is -0.343. The first kappa shape index (κ1) is 12.3. The predicted molar refractivity (Wildman–Crippen MR) is 80.1 cm³/mol. The number of H-pyrrole nitrogens is 2. The molecule has 0 fully saturated rings. The Morgan fingerprint density at radius 1 is 1.18 bits per heavy atom. The lowest BCUT2D eigenvalue weighted by atomic mass is 10.2. The van der Waals surface area contributed by atoms with Crippen molar-refractivity contribution in [2.24, 2.45) is 0 Å². The number of fused-ring (bicyclic) bond motifs is 2. The molecular weight excluding hydrogens is 284 g/mol. The molecule has 4 aromatic rings. The number of benzene rings is 1. The van der Waals surface area contributed by atoms with Crippen LogP contribution in [0, 0.1) is 0 Å². The van der Waals surface area contributed by atoms with E-state index in [4.69, 9.17) is 5.73 Å². The summed E-state index contributed by atoms with van der Waals surface area (Å²) in [5.41, 5.74) is 8.35. The van der Waals surface area contributed by atoms with E-state index in [1.165, 1.54) is 6.33 Å². The number of aromatic amines is 2. The number of imidazole rings is 2. The minimum absolute atomic E-state index is 0.259. The molecule has 1 aromatic carbocycles. The average molecular weight is 294 g/mol. The van der Waals surface area contributed by atoms with E-state index in [9.17, 15) is 4.79 Å². The van der Waals surface area contributed by atoms with E-state index in [0.29, 0.717) is 33.7 Å². The van der Waals surface area contributed by atoms with Crippen molar-refractivity contribution >= 4 is 40.0 Å². The number of carbonyl (C=O) groups excluding carboxylic acids is 1. The van der Waals surface area contributed by atoms with Crippen LogP contribution in [0.15, 0.2) is 30.7 Å². The van der Waals surface area contributed by atoms with Gasteiger partial charge >= 0.3 is 0 Å². The summed E-state index contributed by atoms with van der Waals surface area (Å²) in [5, 5.41) is 2.68. The zero-order valence-corrected chi connectivity index (χ0v) is 11.2. The van der Waals surface area contributed by atoms with Gasteiger partial charge in [0.1, 0.15) is 17.4 Å². The number of carbonyl (C=O) groups is 1. The molecule has 3 aromatic heterocycles. The number of nitrogen functional groups attached to an aromatic ring is 1. The summed E-state index contributed by atoms with van der Waals surface area (Å²) in [7, 11) is 0. The van der Waals surface area contributed by atoms with Crippen LogP contribution < -0.4 is 11.1 Å². The Hall–Kier alpha value is -3.49. The van der Waals surface area contributed by atoms with Crippen molar-refractivity contribution in [3.05, 3.63) is 36.3 Å². The molecule has 0 radical (unpaired) electrons. The fourth-order valence-electron chi connectivity index (χ4n) is 2.23. The summed E-state index contributed by atoms with van der Waals surface area (Å²) in [4.78, 5) is 34.4. The number of nitrogens with zero attached hydrogens (tertiary/aromatic N) is 4. The zero-order valence-electron chi connectivity index (χ0n) is 11.2. The Morgan fingerprint density at radius 2 is 2.09 bits per heavy atom. The highest BCUT2D eigenvalue weighted by Crippen LogP contribution is 2.19. The second-order valence-corrected chi connectivity index (χ2v) is 4.62. The number of amides is 1. The van der Waals surface area contributed by atoms with Crippen LogP contribution in [0.2, 0.25) is 0 Å². The Kier molecular flexibility index (Phi) is 2.52. The molecule has 0 atom stereocenters. The van der Waals surface area contributed by atoms with Gasteiger partial charge in [-0.15, -0.1) is 0 Å². The summed E-state index contributed by atoms with van der Waals surface area (Å²) in [6.07, 6.45) is 2.97. The van der Waals surface area contributed by atoms with Crippen molar-refractivity contribution in [2.75, 3.05) is 11.1 Å². The van der Waals surface area contributed by atoms with Gasteiger partial charge in [0.15, 0.2) is 11.6 Å². The van der Waals surface area contributed by atoms with E-state index in [1.54, 1.807) is 24.4 Å². The number of hydrogen-bond acceptors (Lipinski definition) is 6. The lowest BCUT2D eigenvalue weighted by Crippen LogP contribution is -2.13. The molecule has 0 aliphatic heterocycles. The van der Waals surface area contributed by atoms with Gasteiger partial charge in [0.25, 0.3) is 5.91 Å². The Balaban J connectivity index is 1.71. The minimum Gasteiger partial charge on any atom is -0.369 e. The van der Waals surface area contributed by atoms with Crippen molar-refractivity contribution in [3.8, 4) is 0 Å². The normalized spacial score (nSPS) is 11.1. The molecule has 9 nitrogen and oxygen atoms in total. The number of para-hydroxylation sites is 1. The molecular formula is C13H10N8O. The molecule has 5 N–H and O–H groups in total. The molecule has 0 aliphatic carbocycles. The van der Waals surface area contributed by atoms with Gasteiger partial charge in [-0.05, 0) is 12.1 Å². The van der Waals surface area contributed by atoms with Crippen LogP contribution >= 0.6 is 0 Å². The third-order valence-corrected chi connectivity index (χ3v) is 3.17. The maximum absolute atomic E-state index is 12.4. The van der Waals surface area contributed by atoms with Crippen LogP contribution in [0.1, 0.15) is 10.4 Å². The number of rotatable bonds is 2. The lowest BCUT2D eigenvalue weighted by molar-refractivity contribution is 0.102. The molecule has 4 rings (SSSR count). The third kappa shape index (κ3) is 1.92. The lowest BCUT2D eigenvalue weighted by Gasteiger charge is -2.02. The standard InChI is InChI=1S/C13H10N8O/c14-12-17-7-3-1-2-6(9(7)19-12)11(22)21-13-18-8-4-15-5-16-10(8)20-13/h1-5H,(H3,14,17,19)(H2,15,16,18,20,21,22). The maximum atomic E-state index is 12.4. The molecule has 0 saturated carbocycles. The summed E-state index contributed by atoms with van der Waals surface area (Å²) < 4.78 is 0. The third-order valence-electron chi connectivity index (χ3n) is 3.17. The second kappa shape index (κ2) is 4.52. The van der Waals surface area contributed by atoms with Gasteiger partial charge in [-0.1, -0.05) is 6.07 Å². The molecule has 0 bridgehead atoms. The monoisotopic (exact) mass is 294 g/mol. The van der Waals surface area contributed by atoms with E-state index in [0.717, 1.165) is 0 Å². The van der Waals surface area contributed by atoms with Gasteiger partial charge in [0.2, 0.25) is 5.95 Å². The van der Waals surface area contributed by atoms with Crippen LogP contribution in [0.3, 0.4) is 0 Å². The molecule has 0 aliphatic rings. The fourth-order valence-corrected chi connectivity index (χ4v) is 2.23. The maximum Gasteiger partial charge on any atom is 0.260 e. The molecule has 3 heterocycles. The van der Waals surface area contributed by atoms with Gasteiger partial charge < -0.3 is 15.7 Å². The van der Waals surface area contributed by atoms with Crippen molar-refractivity contribution in [1.29, 1.82) is 0 Å². The second-order valence-electron chi connectivity index (χ2n) is 4.62. The summed E-state index contributed by atoms with van der Waals surface area (Å²) in [6, 6.07) is 5.21. The van der Waals surface area contributed by atoms with Gasteiger partial charge in [-0.2, -0.15) is 4.98 Å². The zero-order chi connectivity index (χ0) is 15.1. The van der Waals surface area contributed by atoms with Gasteiger partial charge in [0, 0.05) is 0 Å². The number of aromatic nitrogens is 6. The van der Waals surface area contributed by atoms with Gasteiger partial charge in [-0.25, -0.2) is 15.0 Å². The molecule has 0 unspecified atom stereocenters. The van der Waals surface area contributed by atoms with Crippen molar-refractivity contribution in [3.63, 3.8) is 0 Å². The van der Waals surface area contributed by atoms with Gasteiger partial charge in [0.05, 0.1) is 17.3 Å². The summed E-state index contributed by atoms with van der Waals surface area (Å²) in [5.74, 6) is 0.208. The first-order chi connectivity index (χ1) is 10.7. The average Bonchev–Trinajstić information content (AvgIpc) is 3.07. The van der Waals surface area contributed by atoms with E-state index < -0.39 is 0 Å². The quantitative estimate of drug-likeness (QED) is 0.436. The highest BCUT2D eigenvalue weighted by molar-refractivity contribution is 6.11. The molecule has 1 amide bonds. The number of nitrogens with two attached hydrogens (primary N) is 1. The number of anilines is 2. The van der Waals surface area contributed by atoms with Crippen LogP contribution in [0.4, 0.5) is 11.9 Å². The van der Waals surface area contributed by atoms with Crippen LogP contribution in [0.25, 0.3) is 22.2 Å². The predicted octanol–water partition coefficient (Wildman–Crippen LogP) is 1.06. The molecule has 22 heavy (non-hydrogen) atoms. The Morgan fingerprint density at radius 3 is 2.95 bits per heavy atom. The van der Waals surface area contributed by atoms with Crippen molar-refractivity contribution in [2.45, 2.75) is 0 Å². The number of nitrogens with one attached hydrogen (secondary N) is 3. The van der Waals surface area contributed by atoms with Gasteiger partial charge in [-0.3, -0.25) is 10.1 Å². The first-order valence-corrected chi connectivity index (χ1v) is 6.42. The topological polar surface area (TPSA) is 138 Å². The van der Waals surface area contributed by atoms with E-state index in [2.05, 4.69) is 35.2 Å². The number of hydrogen-bond donors (Lipinski definition) is 4. The van der Waals surface area contributed by atoms with E-state index in [-0.39, 0.29) is 11.9 Å². The van der Waals surface area contributed by atoms with Crippen molar-refractivity contribution in [1.82, 2.24) is 29.9 Å². The highest BCUT2D eigenvalue weighted by atomic mass is 16.1. The molecule has 0 spiro atoms. The Labute approximate surface area is 123 Å². The van der Waals surface area contributed by atoms with Crippen molar-refractivity contribution < 1.29 is 4.79 Å². The Bertz CT molecular complexity index is 969. The molecule has 0 saturated heterocycles. The van der Waals surface area contributed by atoms with E-state index in [1.807, 2.05) is 0 Å².